The predicted molar refractivity (Wildman–Crippen MR) is 140 cm³/mol. The number of alkyl carbamates (subject to hydrolysis) is 1. The second-order valence-electron chi connectivity index (χ2n) is 8.08. The van der Waals surface area contributed by atoms with Crippen LogP contribution in [0.15, 0.2) is 91.0 Å². The van der Waals surface area contributed by atoms with Gasteiger partial charge in [-0.15, -0.1) is 0 Å². The maximum Gasteiger partial charge on any atom is 0.414 e. The van der Waals surface area contributed by atoms with Crippen molar-refractivity contribution in [2.75, 3.05) is 24.3 Å². The Balaban J connectivity index is 1.74. The zero-order chi connectivity index (χ0) is 26.6. The van der Waals surface area contributed by atoms with Gasteiger partial charge in [-0.1, -0.05) is 55.5 Å². The minimum Gasteiger partial charge on any atom is -0.491 e. The molecule has 3 rings (SSSR count). The van der Waals surface area contributed by atoms with Gasteiger partial charge in [-0.3, -0.25) is 14.9 Å². The van der Waals surface area contributed by atoms with Crippen LogP contribution in [0.4, 0.5) is 16.2 Å². The van der Waals surface area contributed by atoms with Crippen molar-refractivity contribution in [2.45, 2.75) is 13.0 Å². The lowest BCUT2D eigenvalue weighted by atomic mass is 9.96. The maximum atomic E-state index is 12.6. The molecule has 0 saturated carbocycles. The number of aliphatic hydroxyl groups is 1. The van der Waals surface area contributed by atoms with E-state index >= 15 is 0 Å². The number of carbonyl (C=O) groups excluding carboxylic acids is 3. The molecule has 37 heavy (non-hydrogen) atoms. The lowest BCUT2D eigenvalue weighted by molar-refractivity contribution is -0.111. The molecule has 3 aromatic rings. The number of anilines is 2. The largest absolute Gasteiger partial charge is 0.491 e. The molecule has 0 unspecified atom stereocenters. The summed E-state index contributed by atoms with van der Waals surface area (Å²) in [6, 6.07) is 21.9. The van der Waals surface area contributed by atoms with Crippen molar-refractivity contribution in [3.05, 3.63) is 102 Å². The molecule has 0 saturated heterocycles. The van der Waals surface area contributed by atoms with Gasteiger partial charge in [0.05, 0.1) is 18.0 Å². The lowest BCUT2D eigenvalue weighted by Crippen LogP contribution is -2.33. The number of rotatable bonds is 10. The fourth-order valence-corrected chi connectivity index (χ4v) is 3.42. The van der Waals surface area contributed by atoms with E-state index in [2.05, 4.69) is 10.6 Å². The van der Waals surface area contributed by atoms with Gasteiger partial charge in [0.2, 0.25) is 5.91 Å². The van der Waals surface area contributed by atoms with E-state index in [-0.39, 0.29) is 13.2 Å². The minimum atomic E-state index is -0.929. The minimum absolute atomic E-state index is 0.123. The van der Waals surface area contributed by atoms with Crippen molar-refractivity contribution in [3.8, 4) is 5.75 Å². The van der Waals surface area contributed by atoms with Crippen molar-refractivity contribution >= 4 is 29.3 Å². The molecule has 9 nitrogen and oxygen atoms in total. The van der Waals surface area contributed by atoms with Crippen molar-refractivity contribution in [3.63, 3.8) is 0 Å². The van der Waals surface area contributed by atoms with E-state index in [4.69, 9.17) is 20.3 Å². The van der Waals surface area contributed by atoms with Gasteiger partial charge in [0.1, 0.15) is 18.5 Å². The standard InChI is InChI=1S/C28H29N3O6/c1-19(11-16-25(33)30-24-10-6-5-9-23(24)29)26(20-12-14-22(15-13-20)36-18-17-32)37-28(35)31-27(34)21-7-3-2-4-8-21/h2-16,19,26,32H,17-18,29H2,1H3,(H,30,33)(H,31,34,35)/b16-11+/t19-,26+/m1/s1. The van der Waals surface area contributed by atoms with E-state index in [0.29, 0.717) is 28.3 Å². The third-order valence-corrected chi connectivity index (χ3v) is 5.30. The molecule has 0 bridgehead atoms. The van der Waals surface area contributed by atoms with E-state index in [1.54, 1.807) is 91.9 Å². The number of nitrogens with one attached hydrogen (secondary N) is 2. The van der Waals surface area contributed by atoms with Crippen molar-refractivity contribution < 1.29 is 29.0 Å². The average molecular weight is 504 g/mol. The number of hydrogen-bond donors (Lipinski definition) is 4. The number of nitrogen functional groups attached to an aromatic ring is 1. The van der Waals surface area contributed by atoms with Crippen LogP contribution >= 0.6 is 0 Å². The van der Waals surface area contributed by atoms with E-state index in [9.17, 15) is 14.4 Å². The number of amides is 3. The van der Waals surface area contributed by atoms with Crippen LogP contribution < -0.4 is 21.1 Å². The quantitative estimate of drug-likeness (QED) is 0.241. The highest BCUT2D eigenvalue weighted by atomic mass is 16.6. The molecule has 3 amide bonds. The molecular formula is C28H29N3O6. The Bertz CT molecular complexity index is 1230. The summed E-state index contributed by atoms with van der Waals surface area (Å²) in [6.07, 6.45) is 1.17. The first-order chi connectivity index (χ1) is 17.9. The fourth-order valence-electron chi connectivity index (χ4n) is 3.42. The highest BCUT2D eigenvalue weighted by Crippen LogP contribution is 2.29. The zero-order valence-electron chi connectivity index (χ0n) is 20.3. The van der Waals surface area contributed by atoms with Gasteiger partial charge in [-0.05, 0) is 48.0 Å². The van der Waals surface area contributed by atoms with Crippen LogP contribution in [0.3, 0.4) is 0 Å². The van der Waals surface area contributed by atoms with E-state index in [0.717, 1.165) is 0 Å². The van der Waals surface area contributed by atoms with Gasteiger partial charge in [-0.2, -0.15) is 0 Å². The summed E-state index contributed by atoms with van der Waals surface area (Å²) < 4.78 is 11.0. The molecule has 5 N–H and O–H groups in total. The number of nitrogens with two attached hydrogens (primary N) is 1. The Labute approximate surface area is 214 Å². The van der Waals surface area contributed by atoms with Gasteiger partial charge in [0, 0.05) is 11.5 Å². The summed E-state index contributed by atoms with van der Waals surface area (Å²) in [7, 11) is 0. The van der Waals surface area contributed by atoms with Gasteiger partial charge < -0.3 is 25.6 Å². The monoisotopic (exact) mass is 503 g/mol. The smallest absolute Gasteiger partial charge is 0.414 e. The molecule has 0 radical (unpaired) electrons. The highest BCUT2D eigenvalue weighted by Gasteiger charge is 2.24. The van der Waals surface area contributed by atoms with Crippen molar-refractivity contribution in [2.24, 2.45) is 5.92 Å². The van der Waals surface area contributed by atoms with E-state index < -0.39 is 29.9 Å². The van der Waals surface area contributed by atoms with Crippen LogP contribution in [-0.4, -0.2) is 36.2 Å². The molecule has 9 heteroatoms. The molecule has 0 aliphatic rings. The van der Waals surface area contributed by atoms with Crippen molar-refractivity contribution in [1.29, 1.82) is 0 Å². The Kier molecular flexibility index (Phi) is 9.81. The van der Waals surface area contributed by atoms with Gasteiger partial charge in [0.15, 0.2) is 0 Å². The van der Waals surface area contributed by atoms with Crippen LogP contribution in [0.25, 0.3) is 0 Å². The second kappa shape index (κ2) is 13.5. The van der Waals surface area contributed by atoms with Crippen molar-refractivity contribution in [1.82, 2.24) is 5.32 Å². The number of imide groups is 1. The number of benzene rings is 3. The number of aliphatic hydroxyl groups excluding tert-OH is 1. The predicted octanol–water partition coefficient (Wildman–Crippen LogP) is 4.08. The first-order valence-corrected chi connectivity index (χ1v) is 11.6. The van der Waals surface area contributed by atoms with Crippen LogP contribution in [0.5, 0.6) is 5.75 Å². The summed E-state index contributed by atoms with van der Waals surface area (Å²) >= 11 is 0. The van der Waals surface area contributed by atoms with E-state index in [1.165, 1.54) is 6.08 Å². The summed E-state index contributed by atoms with van der Waals surface area (Å²) in [5.41, 5.74) is 7.71. The molecule has 2 atom stereocenters. The molecular weight excluding hydrogens is 474 g/mol. The maximum absolute atomic E-state index is 12.6. The molecule has 0 heterocycles. The molecule has 192 valence electrons. The molecule has 0 aromatic heterocycles. The molecule has 0 aliphatic heterocycles. The van der Waals surface area contributed by atoms with Gasteiger partial charge >= 0.3 is 6.09 Å². The van der Waals surface area contributed by atoms with Gasteiger partial charge in [0.25, 0.3) is 5.91 Å². The average Bonchev–Trinajstić information content (AvgIpc) is 2.91. The molecule has 0 spiro atoms. The normalized spacial score (nSPS) is 12.4. The molecule has 0 aliphatic carbocycles. The van der Waals surface area contributed by atoms with Crippen LogP contribution in [-0.2, 0) is 9.53 Å². The summed E-state index contributed by atoms with van der Waals surface area (Å²) in [5, 5.41) is 13.9. The van der Waals surface area contributed by atoms with Gasteiger partial charge in [-0.25, -0.2) is 4.79 Å². The second-order valence-corrected chi connectivity index (χ2v) is 8.08. The number of ether oxygens (including phenoxy) is 2. The Morgan fingerprint density at radius 3 is 2.32 bits per heavy atom. The third kappa shape index (κ3) is 8.22. The van der Waals surface area contributed by atoms with Crippen LogP contribution in [0.1, 0.15) is 28.9 Å². The number of hydrogen-bond acceptors (Lipinski definition) is 7. The zero-order valence-corrected chi connectivity index (χ0v) is 20.3. The summed E-state index contributed by atoms with van der Waals surface area (Å²) in [6.45, 7) is 1.79. The third-order valence-electron chi connectivity index (χ3n) is 5.30. The molecule has 3 aromatic carbocycles. The first-order valence-electron chi connectivity index (χ1n) is 11.6. The Morgan fingerprint density at radius 2 is 1.65 bits per heavy atom. The van der Waals surface area contributed by atoms with E-state index in [1.807, 2.05) is 0 Å². The Morgan fingerprint density at radius 1 is 0.973 bits per heavy atom. The van der Waals surface area contributed by atoms with Crippen LogP contribution in [0.2, 0.25) is 0 Å². The lowest BCUT2D eigenvalue weighted by Gasteiger charge is -2.23. The Hall–Kier alpha value is -4.63. The SMILES string of the molecule is C[C@H](/C=C/C(=O)Nc1ccccc1N)[C@H](OC(=O)NC(=O)c1ccccc1)c1ccc(OCCO)cc1. The molecule has 0 fully saturated rings. The number of para-hydroxylation sites is 2. The highest BCUT2D eigenvalue weighted by molar-refractivity contribution is 6.03. The summed E-state index contributed by atoms with van der Waals surface area (Å²) in [5.74, 6) is -0.927. The fraction of sp³-hybridized carbons (Fsp3) is 0.179. The van der Waals surface area contributed by atoms with Crippen LogP contribution in [0, 0.1) is 5.92 Å². The summed E-state index contributed by atoms with van der Waals surface area (Å²) in [4.78, 5) is 37.4. The first kappa shape index (κ1) is 27.0. The number of carbonyl (C=O) groups is 3. The topological polar surface area (TPSA) is 140 Å².